The van der Waals surface area contributed by atoms with E-state index in [-0.39, 0.29) is 5.41 Å². The van der Waals surface area contributed by atoms with Gasteiger partial charge in [0.15, 0.2) is 0 Å². The van der Waals surface area contributed by atoms with Crippen molar-refractivity contribution in [2.24, 2.45) is 5.41 Å². The van der Waals surface area contributed by atoms with E-state index in [0.29, 0.717) is 7.35 Å². The zero-order valence-electron chi connectivity index (χ0n) is 28.4. The first-order valence-corrected chi connectivity index (χ1v) is 34.9. The predicted molar refractivity (Wildman–Crippen MR) is 197 cm³/mol. The Morgan fingerprint density at radius 1 is 0.523 bits per heavy atom. The Labute approximate surface area is 272 Å². The molecule has 0 radical (unpaired) electrons. The first kappa shape index (κ1) is 30.3. The van der Waals surface area contributed by atoms with E-state index >= 15 is 0 Å². The van der Waals surface area contributed by atoms with Gasteiger partial charge in [0.1, 0.15) is 0 Å². The van der Waals surface area contributed by atoms with Gasteiger partial charge in [0.25, 0.3) is 0 Å². The van der Waals surface area contributed by atoms with Crippen molar-refractivity contribution >= 4 is 38.7 Å². The fourth-order valence-corrected chi connectivity index (χ4v) is 28.7. The SMILES string of the molecule is CC1(C)C2=Cc3c(-c4ccc([Si](C)(C)C)cc4)cccc3[CH]2[Hf]([CH3])([CH3])[CH]2C1=Cc1c(-c3ccc([Si](C)(C)C)cc3)cccc12. The van der Waals surface area contributed by atoms with Gasteiger partial charge in [-0.15, -0.1) is 0 Å². The van der Waals surface area contributed by atoms with Crippen LogP contribution in [0.25, 0.3) is 34.4 Å². The molecule has 44 heavy (non-hydrogen) atoms. The molecule has 0 saturated carbocycles. The van der Waals surface area contributed by atoms with Crippen molar-refractivity contribution in [3.63, 3.8) is 0 Å². The van der Waals surface area contributed by atoms with Gasteiger partial charge in [0.2, 0.25) is 0 Å². The normalized spacial score (nSPS) is 21.1. The number of rotatable bonds is 4. The molecule has 0 bridgehead atoms. The van der Waals surface area contributed by atoms with Crippen molar-refractivity contribution in [1.82, 2.24) is 0 Å². The summed E-state index contributed by atoms with van der Waals surface area (Å²) in [6.07, 6.45) is 5.28. The van der Waals surface area contributed by atoms with E-state index in [0.717, 1.165) is 0 Å². The number of fused-ring (bicyclic) bond motifs is 6. The number of allylic oxidation sites excluding steroid dienone is 2. The van der Waals surface area contributed by atoms with Crippen molar-refractivity contribution in [2.45, 2.75) is 69.8 Å². The van der Waals surface area contributed by atoms with Crippen molar-refractivity contribution in [1.29, 1.82) is 0 Å². The topological polar surface area (TPSA) is 0 Å². The summed E-state index contributed by atoms with van der Waals surface area (Å²) in [5, 5.41) is 3.06. The van der Waals surface area contributed by atoms with Crippen molar-refractivity contribution < 1.29 is 20.0 Å². The van der Waals surface area contributed by atoms with E-state index < -0.39 is 36.1 Å². The van der Waals surface area contributed by atoms with Crippen molar-refractivity contribution in [3.05, 3.63) is 118 Å². The van der Waals surface area contributed by atoms with E-state index in [1.165, 1.54) is 43.8 Å². The molecule has 3 heteroatoms. The van der Waals surface area contributed by atoms with Crippen LogP contribution in [0, 0.1) is 5.41 Å². The summed E-state index contributed by atoms with van der Waals surface area (Å²) in [5.41, 5.74) is 15.1. The molecule has 4 aromatic rings. The Hall–Kier alpha value is -2.34. The van der Waals surface area contributed by atoms with Crippen molar-refractivity contribution in [2.75, 3.05) is 0 Å². The molecule has 224 valence electrons. The molecule has 0 N–H and O–H groups in total. The Balaban J connectivity index is 1.34. The third-order valence-electron chi connectivity index (χ3n) is 11.2. The average Bonchev–Trinajstić information content (AvgIpc) is 3.58. The quantitative estimate of drug-likeness (QED) is 0.181. The molecule has 0 spiro atoms. The molecule has 4 aromatic carbocycles. The predicted octanol–water partition coefficient (Wildman–Crippen LogP) is 11.0. The molecule has 1 aliphatic heterocycles. The Morgan fingerprint density at radius 2 is 0.886 bits per heavy atom. The molecular formula is C41H48HfSi2. The molecule has 7 rings (SSSR count). The number of benzene rings is 4. The Kier molecular flexibility index (Phi) is 6.95. The maximum absolute atomic E-state index is 3.04. The summed E-state index contributed by atoms with van der Waals surface area (Å²) >= 11 is -3.04. The molecule has 3 aliphatic rings. The molecule has 0 aromatic heterocycles. The van der Waals surface area contributed by atoms with E-state index in [2.05, 4.69) is 160 Å². The molecule has 1 heterocycles. The Morgan fingerprint density at radius 3 is 1.23 bits per heavy atom. The number of hydrogen-bond donors (Lipinski definition) is 0. The van der Waals surface area contributed by atoms with Gasteiger partial charge in [-0.05, 0) is 0 Å². The summed E-state index contributed by atoms with van der Waals surface area (Å²) in [6, 6.07) is 33.5. The zero-order valence-corrected chi connectivity index (χ0v) is 34.0. The van der Waals surface area contributed by atoms with Gasteiger partial charge < -0.3 is 0 Å². The molecule has 1 saturated heterocycles. The van der Waals surface area contributed by atoms with Gasteiger partial charge in [-0.3, -0.25) is 0 Å². The van der Waals surface area contributed by atoms with Crippen LogP contribution in [0.2, 0.25) is 48.6 Å². The van der Waals surface area contributed by atoms with Gasteiger partial charge in [-0.1, -0.05) is 0 Å². The van der Waals surface area contributed by atoms with Crippen LogP contribution in [0.3, 0.4) is 0 Å². The summed E-state index contributed by atoms with van der Waals surface area (Å²) < 4.78 is 6.74. The summed E-state index contributed by atoms with van der Waals surface area (Å²) in [7, 11) is -2.65. The molecule has 2 atom stereocenters. The third kappa shape index (κ3) is 4.59. The second kappa shape index (κ2) is 10.1. The minimum atomic E-state index is -3.04. The molecule has 0 amide bonds. The van der Waals surface area contributed by atoms with Crippen LogP contribution in [-0.4, -0.2) is 16.1 Å². The molecule has 1 fully saturated rings. The van der Waals surface area contributed by atoms with Crippen molar-refractivity contribution in [3.8, 4) is 22.3 Å². The van der Waals surface area contributed by atoms with Gasteiger partial charge in [0, 0.05) is 0 Å². The van der Waals surface area contributed by atoms with Gasteiger partial charge >= 0.3 is 274 Å². The second-order valence-electron chi connectivity index (χ2n) is 16.8. The second-order valence-corrected chi connectivity index (χ2v) is 44.2. The van der Waals surface area contributed by atoms with E-state index in [9.17, 15) is 0 Å². The number of hydrogen-bond acceptors (Lipinski definition) is 0. The van der Waals surface area contributed by atoms with Crippen LogP contribution in [0.5, 0.6) is 0 Å². The average molecular weight is 775 g/mol. The van der Waals surface area contributed by atoms with E-state index in [1.807, 2.05) is 0 Å². The van der Waals surface area contributed by atoms with E-state index in [4.69, 9.17) is 0 Å². The first-order chi connectivity index (χ1) is 20.6. The van der Waals surface area contributed by atoms with Gasteiger partial charge in [-0.2, -0.15) is 0 Å². The molecule has 2 unspecified atom stereocenters. The van der Waals surface area contributed by atoms with E-state index in [1.54, 1.807) is 22.3 Å². The van der Waals surface area contributed by atoms with Crippen LogP contribution in [-0.2, 0) is 20.0 Å². The van der Waals surface area contributed by atoms with Crippen LogP contribution in [0.1, 0.15) is 43.5 Å². The van der Waals surface area contributed by atoms with Crippen LogP contribution in [0.4, 0.5) is 0 Å². The van der Waals surface area contributed by atoms with Gasteiger partial charge in [0.05, 0.1) is 0 Å². The zero-order chi connectivity index (χ0) is 31.4. The monoisotopic (exact) mass is 776 g/mol. The minimum absolute atomic E-state index is 0.0286. The first-order valence-electron chi connectivity index (χ1n) is 16.5. The maximum atomic E-state index is 2.76. The summed E-state index contributed by atoms with van der Waals surface area (Å²) in [4.78, 5) is 0. The van der Waals surface area contributed by atoms with Crippen LogP contribution in [0.15, 0.2) is 96.1 Å². The fraction of sp³-hybridized carbons (Fsp3) is 0.317. The third-order valence-corrected chi connectivity index (χ3v) is 30.5. The summed E-state index contributed by atoms with van der Waals surface area (Å²) in [5.74, 6) is 0. The standard InChI is InChI=1S/C39H42Si2.2CH3.Hf/c1-39(2,31-23-29-11-9-13-35(37(29)25-31)27-15-19-33(20-16-27)40(3,4)5)32-24-30-12-10-14-36(38(30)26-32)28-17-21-34(22-18-28)41(6,7)8;;;/h9-26H,1-8H3;2*1H3;. The van der Waals surface area contributed by atoms with Crippen LogP contribution < -0.4 is 10.4 Å². The van der Waals surface area contributed by atoms with Gasteiger partial charge in [-0.25, -0.2) is 0 Å². The molecule has 0 nitrogen and oxygen atoms in total. The Bertz CT molecular complexity index is 1720. The fourth-order valence-electron chi connectivity index (χ4n) is 8.63. The molecular weight excluding hydrogens is 727 g/mol. The van der Waals surface area contributed by atoms with Crippen LogP contribution >= 0.6 is 0 Å². The summed E-state index contributed by atoms with van der Waals surface area (Å²) in [6.45, 7) is 19.7. The molecule has 2 aliphatic carbocycles.